The van der Waals surface area contributed by atoms with Gasteiger partial charge in [0.05, 0.1) is 17.5 Å². The predicted molar refractivity (Wildman–Crippen MR) is 50.4 cm³/mol. The molecule has 0 saturated heterocycles. The highest BCUT2D eigenvalue weighted by Crippen LogP contribution is 2.22. The molecule has 0 fully saturated rings. The Morgan fingerprint density at radius 1 is 1.54 bits per heavy atom. The highest BCUT2D eigenvalue weighted by Gasteiger charge is 2.05. The quantitative estimate of drug-likeness (QED) is 0.801. The summed E-state index contributed by atoms with van der Waals surface area (Å²) in [7, 11) is 0. The fourth-order valence-corrected chi connectivity index (χ4v) is 1.84. The topological polar surface area (TPSA) is 64.9 Å². The lowest BCUT2D eigenvalue weighted by molar-refractivity contribution is 0.420. The Morgan fingerprint density at radius 2 is 2.46 bits per heavy atom. The predicted octanol–water partition coefficient (Wildman–Crippen LogP) is 1.30. The monoisotopic (exact) mass is 195 g/mol. The highest BCUT2D eigenvalue weighted by atomic mass is 32.1. The SMILES string of the molecule is NCCc1csc(-c2cnoc2)n1. The summed E-state index contributed by atoms with van der Waals surface area (Å²) >= 11 is 1.58. The first-order chi connectivity index (χ1) is 6.40. The molecular weight excluding hydrogens is 186 g/mol. The first kappa shape index (κ1) is 8.40. The highest BCUT2D eigenvalue weighted by molar-refractivity contribution is 7.13. The fourth-order valence-electron chi connectivity index (χ4n) is 1.01. The van der Waals surface area contributed by atoms with Gasteiger partial charge < -0.3 is 10.3 Å². The van der Waals surface area contributed by atoms with E-state index in [1.807, 2.05) is 5.38 Å². The van der Waals surface area contributed by atoms with E-state index < -0.39 is 0 Å². The van der Waals surface area contributed by atoms with E-state index in [1.54, 1.807) is 23.8 Å². The minimum Gasteiger partial charge on any atom is -0.364 e. The molecule has 13 heavy (non-hydrogen) atoms. The molecule has 0 saturated carbocycles. The number of nitrogens with zero attached hydrogens (tertiary/aromatic N) is 2. The molecule has 0 aliphatic heterocycles. The van der Waals surface area contributed by atoms with E-state index in [2.05, 4.69) is 10.1 Å². The maximum atomic E-state index is 5.42. The second-order valence-electron chi connectivity index (χ2n) is 2.60. The molecule has 0 unspecified atom stereocenters. The van der Waals surface area contributed by atoms with Crippen molar-refractivity contribution < 1.29 is 4.52 Å². The normalized spacial score (nSPS) is 10.5. The Balaban J connectivity index is 2.23. The van der Waals surface area contributed by atoms with Crippen molar-refractivity contribution in [3.05, 3.63) is 23.5 Å². The van der Waals surface area contributed by atoms with Gasteiger partial charge in [-0.1, -0.05) is 5.16 Å². The first-order valence-electron chi connectivity index (χ1n) is 3.94. The molecule has 0 radical (unpaired) electrons. The van der Waals surface area contributed by atoms with Crippen molar-refractivity contribution in [2.24, 2.45) is 5.73 Å². The summed E-state index contributed by atoms with van der Waals surface area (Å²) in [4.78, 5) is 4.38. The van der Waals surface area contributed by atoms with Crippen LogP contribution in [-0.2, 0) is 6.42 Å². The van der Waals surface area contributed by atoms with Crippen LogP contribution in [0.3, 0.4) is 0 Å². The van der Waals surface area contributed by atoms with Crippen LogP contribution < -0.4 is 5.73 Å². The van der Waals surface area contributed by atoms with Gasteiger partial charge in [-0.05, 0) is 6.54 Å². The summed E-state index contributed by atoms with van der Waals surface area (Å²) in [5.41, 5.74) is 7.38. The van der Waals surface area contributed by atoms with Crippen molar-refractivity contribution in [1.82, 2.24) is 10.1 Å². The second-order valence-corrected chi connectivity index (χ2v) is 3.45. The largest absolute Gasteiger partial charge is 0.364 e. The zero-order valence-electron chi connectivity index (χ0n) is 6.93. The molecule has 0 aromatic carbocycles. The Hall–Kier alpha value is -1.20. The van der Waals surface area contributed by atoms with Gasteiger partial charge in [-0.25, -0.2) is 4.98 Å². The van der Waals surface area contributed by atoms with Gasteiger partial charge in [0.1, 0.15) is 11.3 Å². The van der Waals surface area contributed by atoms with Gasteiger partial charge in [0, 0.05) is 11.8 Å². The molecule has 4 nitrogen and oxygen atoms in total. The van der Waals surface area contributed by atoms with E-state index in [0.717, 1.165) is 22.7 Å². The van der Waals surface area contributed by atoms with Crippen LogP contribution in [0.15, 0.2) is 22.4 Å². The van der Waals surface area contributed by atoms with Crippen molar-refractivity contribution >= 4 is 11.3 Å². The zero-order chi connectivity index (χ0) is 9.10. The summed E-state index contributed by atoms with van der Waals surface area (Å²) in [5, 5.41) is 6.56. The molecule has 0 amide bonds. The minimum atomic E-state index is 0.632. The van der Waals surface area contributed by atoms with Gasteiger partial charge in [-0.2, -0.15) is 0 Å². The maximum absolute atomic E-state index is 5.42. The number of hydrogen-bond donors (Lipinski definition) is 1. The summed E-state index contributed by atoms with van der Waals surface area (Å²) in [6, 6.07) is 0. The van der Waals surface area contributed by atoms with Crippen LogP contribution in [0.1, 0.15) is 5.69 Å². The molecule has 2 heterocycles. The van der Waals surface area contributed by atoms with Crippen LogP contribution in [-0.4, -0.2) is 16.7 Å². The van der Waals surface area contributed by atoms with E-state index in [1.165, 1.54) is 0 Å². The van der Waals surface area contributed by atoms with Crippen molar-refractivity contribution in [2.45, 2.75) is 6.42 Å². The maximum Gasteiger partial charge on any atom is 0.134 e. The number of rotatable bonds is 3. The van der Waals surface area contributed by atoms with Gasteiger partial charge in [-0.3, -0.25) is 0 Å². The molecule has 2 aromatic rings. The van der Waals surface area contributed by atoms with Gasteiger partial charge in [0.2, 0.25) is 0 Å². The molecule has 0 bridgehead atoms. The fraction of sp³-hybridized carbons (Fsp3) is 0.250. The van der Waals surface area contributed by atoms with Crippen molar-refractivity contribution in [1.29, 1.82) is 0 Å². The molecular formula is C8H9N3OS. The second kappa shape index (κ2) is 3.68. The van der Waals surface area contributed by atoms with Crippen LogP contribution in [0.2, 0.25) is 0 Å². The number of aromatic nitrogens is 2. The Labute approximate surface area is 79.4 Å². The Morgan fingerprint density at radius 3 is 3.15 bits per heavy atom. The smallest absolute Gasteiger partial charge is 0.134 e. The minimum absolute atomic E-state index is 0.632. The third-order valence-corrected chi connectivity index (χ3v) is 2.57. The van der Waals surface area contributed by atoms with E-state index in [-0.39, 0.29) is 0 Å². The molecule has 2 N–H and O–H groups in total. The molecule has 0 aliphatic carbocycles. The summed E-state index contributed by atoms with van der Waals surface area (Å²) in [6.45, 7) is 0.632. The van der Waals surface area contributed by atoms with E-state index in [0.29, 0.717) is 6.54 Å². The average molecular weight is 195 g/mol. The third-order valence-electron chi connectivity index (χ3n) is 1.63. The molecule has 2 rings (SSSR count). The number of hydrogen-bond acceptors (Lipinski definition) is 5. The van der Waals surface area contributed by atoms with Crippen molar-refractivity contribution in [3.8, 4) is 10.6 Å². The lowest BCUT2D eigenvalue weighted by Crippen LogP contribution is -2.02. The van der Waals surface area contributed by atoms with E-state index in [4.69, 9.17) is 10.3 Å². The standard InChI is InChI=1S/C8H9N3OS/c9-2-1-7-5-13-8(11-7)6-3-10-12-4-6/h3-5H,1-2,9H2. The first-order valence-corrected chi connectivity index (χ1v) is 4.82. The Bertz CT molecular complexity index is 368. The van der Waals surface area contributed by atoms with Crippen LogP contribution in [0.25, 0.3) is 10.6 Å². The van der Waals surface area contributed by atoms with Gasteiger partial charge in [-0.15, -0.1) is 11.3 Å². The third kappa shape index (κ3) is 1.76. The van der Waals surface area contributed by atoms with Crippen LogP contribution in [0.4, 0.5) is 0 Å². The van der Waals surface area contributed by atoms with Crippen LogP contribution >= 0.6 is 11.3 Å². The molecule has 5 heteroatoms. The van der Waals surface area contributed by atoms with Crippen molar-refractivity contribution in [3.63, 3.8) is 0 Å². The van der Waals surface area contributed by atoms with Gasteiger partial charge >= 0.3 is 0 Å². The number of nitrogens with two attached hydrogens (primary N) is 1. The summed E-state index contributed by atoms with van der Waals surface area (Å²) in [5.74, 6) is 0. The Kier molecular flexibility index (Phi) is 2.37. The molecule has 0 spiro atoms. The van der Waals surface area contributed by atoms with Gasteiger partial charge in [0.25, 0.3) is 0 Å². The molecule has 0 atom stereocenters. The molecule has 0 aliphatic rings. The summed E-state index contributed by atoms with van der Waals surface area (Å²) in [6.07, 6.45) is 4.07. The van der Waals surface area contributed by atoms with Crippen molar-refractivity contribution in [2.75, 3.05) is 6.54 Å². The number of thiazole rings is 1. The van der Waals surface area contributed by atoms with Gasteiger partial charge in [0.15, 0.2) is 0 Å². The molecule has 68 valence electrons. The lowest BCUT2D eigenvalue weighted by Gasteiger charge is -1.88. The summed E-state index contributed by atoms with van der Waals surface area (Å²) < 4.78 is 4.73. The molecule has 2 aromatic heterocycles. The zero-order valence-corrected chi connectivity index (χ0v) is 7.75. The van der Waals surface area contributed by atoms with Crippen LogP contribution in [0.5, 0.6) is 0 Å². The van der Waals surface area contributed by atoms with Crippen LogP contribution in [0, 0.1) is 0 Å². The van der Waals surface area contributed by atoms with E-state index >= 15 is 0 Å². The van der Waals surface area contributed by atoms with E-state index in [9.17, 15) is 0 Å². The average Bonchev–Trinajstić information content (AvgIpc) is 2.70. The lowest BCUT2D eigenvalue weighted by atomic mass is 10.3.